The maximum Gasteiger partial charge on any atom is 0.120 e. The third kappa shape index (κ3) is 3.57. The van der Waals surface area contributed by atoms with Crippen molar-refractivity contribution in [1.82, 2.24) is 5.32 Å². The van der Waals surface area contributed by atoms with E-state index in [0.29, 0.717) is 11.3 Å². The molecule has 1 fully saturated rings. The molecule has 1 aromatic rings. The molecule has 19 heavy (non-hydrogen) atoms. The van der Waals surface area contributed by atoms with E-state index in [1.807, 2.05) is 18.7 Å². The molecule has 4 heteroatoms. The van der Waals surface area contributed by atoms with E-state index in [-0.39, 0.29) is 17.5 Å². The molecule has 0 radical (unpaired) electrons. The first kappa shape index (κ1) is 14.5. The normalized spacial score (nSPS) is 25.2. The van der Waals surface area contributed by atoms with Crippen LogP contribution < -0.4 is 5.32 Å². The summed E-state index contributed by atoms with van der Waals surface area (Å²) in [5.41, 5.74) is 0.769. The van der Waals surface area contributed by atoms with Gasteiger partial charge in [-0.25, -0.2) is 0 Å². The maximum absolute atomic E-state index is 9.90. The first-order valence-corrected chi connectivity index (χ1v) is 8.21. The smallest absolute Gasteiger partial charge is 0.120 e. The number of thioether (sulfide) groups is 1. The van der Waals surface area contributed by atoms with E-state index in [9.17, 15) is 10.2 Å². The van der Waals surface area contributed by atoms with Crippen molar-refractivity contribution in [2.45, 2.75) is 49.9 Å². The van der Waals surface area contributed by atoms with Gasteiger partial charge in [-0.1, -0.05) is 12.8 Å². The number of aromatic hydroxyl groups is 2. The summed E-state index contributed by atoms with van der Waals surface area (Å²) in [5, 5.41) is 23.7. The van der Waals surface area contributed by atoms with E-state index in [4.69, 9.17) is 0 Å². The fourth-order valence-electron chi connectivity index (χ4n) is 2.87. The molecule has 0 spiro atoms. The zero-order valence-electron chi connectivity index (χ0n) is 11.6. The third-order valence-corrected chi connectivity index (χ3v) is 5.12. The molecule has 2 rings (SSSR count). The van der Waals surface area contributed by atoms with E-state index >= 15 is 0 Å². The molecule has 3 N–H and O–H groups in total. The van der Waals surface area contributed by atoms with Gasteiger partial charge in [-0.05, 0) is 44.2 Å². The van der Waals surface area contributed by atoms with E-state index in [2.05, 4.69) is 11.6 Å². The Labute approximate surface area is 119 Å². The van der Waals surface area contributed by atoms with Crippen LogP contribution in [0.5, 0.6) is 11.5 Å². The maximum atomic E-state index is 9.90. The van der Waals surface area contributed by atoms with E-state index < -0.39 is 0 Å². The van der Waals surface area contributed by atoms with Gasteiger partial charge in [-0.2, -0.15) is 11.8 Å². The minimum absolute atomic E-state index is 0.0462. The standard InChI is InChI=1S/C15H23NO2S/c1-10(12-9-11(17)7-8-14(12)18)16-13-5-3-4-6-15(13)19-2/h7-10,13,15-18H,3-6H2,1-2H3. The predicted octanol–water partition coefficient (Wildman–Crippen LogP) is 3.42. The number of rotatable bonds is 4. The van der Waals surface area contributed by atoms with Crippen LogP contribution in [0.2, 0.25) is 0 Å². The van der Waals surface area contributed by atoms with Crippen molar-refractivity contribution in [3.05, 3.63) is 23.8 Å². The molecular formula is C15H23NO2S. The quantitative estimate of drug-likeness (QED) is 0.740. The van der Waals surface area contributed by atoms with Gasteiger partial charge in [0.2, 0.25) is 0 Å². The molecule has 0 bridgehead atoms. The van der Waals surface area contributed by atoms with Gasteiger partial charge < -0.3 is 15.5 Å². The van der Waals surface area contributed by atoms with E-state index in [1.165, 1.54) is 31.7 Å². The van der Waals surface area contributed by atoms with Gasteiger partial charge in [-0.15, -0.1) is 0 Å². The highest BCUT2D eigenvalue weighted by atomic mass is 32.2. The van der Waals surface area contributed by atoms with Crippen LogP contribution in [0.3, 0.4) is 0 Å². The Morgan fingerprint density at radius 2 is 2.00 bits per heavy atom. The molecule has 0 aromatic heterocycles. The van der Waals surface area contributed by atoms with Gasteiger partial charge in [-0.3, -0.25) is 0 Å². The van der Waals surface area contributed by atoms with Crippen LogP contribution in [-0.4, -0.2) is 27.8 Å². The molecule has 0 amide bonds. The average Bonchev–Trinajstić information content (AvgIpc) is 2.42. The fourth-order valence-corrected chi connectivity index (χ4v) is 3.81. The monoisotopic (exact) mass is 281 g/mol. The van der Waals surface area contributed by atoms with Crippen molar-refractivity contribution in [2.24, 2.45) is 0 Å². The minimum Gasteiger partial charge on any atom is -0.508 e. The molecular weight excluding hydrogens is 258 g/mol. The Bertz CT molecular complexity index is 425. The lowest BCUT2D eigenvalue weighted by Gasteiger charge is -2.33. The average molecular weight is 281 g/mol. The zero-order chi connectivity index (χ0) is 13.8. The van der Waals surface area contributed by atoms with Crippen molar-refractivity contribution in [3.8, 4) is 11.5 Å². The largest absolute Gasteiger partial charge is 0.508 e. The lowest BCUT2D eigenvalue weighted by Crippen LogP contribution is -2.41. The summed E-state index contributed by atoms with van der Waals surface area (Å²) in [4.78, 5) is 0. The number of phenols is 2. The highest BCUT2D eigenvalue weighted by Crippen LogP contribution is 2.32. The minimum atomic E-state index is 0.0462. The van der Waals surface area contributed by atoms with Crippen molar-refractivity contribution in [3.63, 3.8) is 0 Å². The van der Waals surface area contributed by atoms with Gasteiger partial charge in [0.05, 0.1) is 0 Å². The molecule has 3 unspecified atom stereocenters. The molecule has 0 saturated heterocycles. The summed E-state index contributed by atoms with van der Waals surface area (Å²) < 4.78 is 0. The van der Waals surface area contributed by atoms with Crippen LogP contribution in [0.4, 0.5) is 0 Å². The van der Waals surface area contributed by atoms with Crippen molar-refractivity contribution in [2.75, 3.05) is 6.26 Å². The Hall–Kier alpha value is -0.870. The summed E-state index contributed by atoms with van der Waals surface area (Å²) >= 11 is 1.92. The Morgan fingerprint density at radius 1 is 1.26 bits per heavy atom. The number of hydrogen-bond acceptors (Lipinski definition) is 4. The van der Waals surface area contributed by atoms with Crippen LogP contribution in [-0.2, 0) is 0 Å². The highest BCUT2D eigenvalue weighted by Gasteiger charge is 2.26. The lowest BCUT2D eigenvalue weighted by atomic mass is 9.93. The van der Waals surface area contributed by atoms with Crippen molar-refractivity contribution >= 4 is 11.8 Å². The second-order valence-corrected chi connectivity index (χ2v) is 6.37. The second kappa shape index (κ2) is 6.53. The van der Waals surface area contributed by atoms with E-state index in [0.717, 1.165) is 5.56 Å². The molecule has 3 nitrogen and oxygen atoms in total. The second-order valence-electron chi connectivity index (χ2n) is 5.30. The Morgan fingerprint density at radius 3 is 2.74 bits per heavy atom. The number of hydrogen-bond donors (Lipinski definition) is 3. The SMILES string of the molecule is CSC1CCCCC1NC(C)c1cc(O)ccc1O. The van der Waals surface area contributed by atoms with Crippen molar-refractivity contribution in [1.29, 1.82) is 0 Å². The van der Waals surface area contributed by atoms with Crippen molar-refractivity contribution < 1.29 is 10.2 Å². The Balaban J connectivity index is 2.07. The molecule has 1 aliphatic carbocycles. The van der Waals surface area contributed by atoms with Gasteiger partial charge in [0, 0.05) is 22.9 Å². The summed E-state index contributed by atoms with van der Waals surface area (Å²) in [6.45, 7) is 2.04. The van der Waals surface area contributed by atoms with Gasteiger partial charge in [0.15, 0.2) is 0 Å². The molecule has 3 atom stereocenters. The van der Waals surface area contributed by atoms with Gasteiger partial charge in [0.1, 0.15) is 11.5 Å². The van der Waals surface area contributed by atoms with Crippen LogP contribution in [0.15, 0.2) is 18.2 Å². The fraction of sp³-hybridized carbons (Fsp3) is 0.600. The lowest BCUT2D eigenvalue weighted by molar-refractivity contribution is 0.350. The zero-order valence-corrected chi connectivity index (χ0v) is 12.4. The topological polar surface area (TPSA) is 52.5 Å². The molecule has 1 aliphatic rings. The van der Waals surface area contributed by atoms with Gasteiger partial charge >= 0.3 is 0 Å². The first-order chi connectivity index (χ1) is 9.11. The number of phenolic OH excluding ortho intramolecular Hbond substituents is 2. The molecule has 1 saturated carbocycles. The number of nitrogens with one attached hydrogen (secondary N) is 1. The molecule has 1 aromatic carbocycles. The number of benzene rings is 1. The summed E-state index contributed by atoms with van der Waals surface area (Å²) in [5.74, 6) is 0.445. The first-order valence-electron chi connectivity index (χ1n) is 6.92. The van der Waals surface area contributed by atoms with Gasteiger partial charge in [0.25, 0.3) is 0 Å². The van der Waals surface area contributed by atoms with Crippen LogP contribution >= 0.6 is 11.8 Å². The van der Waals surface area contributed by atoms with Crippen LogP contribution in [0, 0.1) is 0 Å². The predicted molar refractivity (Wildman–Crippen MR) is 80.9 cm³/mol. The highest BCUT2D eigenvalue weighted by molar-refractivity contribution is 7.99. The Kier molecular flexibility index (Phi) is 4.99. The van der Waals surface area contributed by atoms with E-state index in [1.54, 1.807) is 12.1 Å². The summed E-state index contributed by atoms with van der Waals surface area (Å²) in [6.07, 6.45) is 7.21. The third-order valence-electron chi connectivity index (χ3n) is 3.95. The molecule has 106 valence electrons. The summed E-state index contributed by atoms with van der Waals surface area (Å²) in [7, 11) is 0. The van der Waals surface area contributed by atoms with Crippen LogP contribution in [0.1, 0.15) is 44.2 Å². The molecule has 0 heterocycles. The molecule has 0 aliphatic heterocycles. The summed E-state index contributed by atoms with van der Waals surface area (Å²) in [6, 6.07) is 5.24. The van der Waals surface area contributed by atoms with Crippen LogP contribution in [0.25, 0.3) is 0 Å².